The zero-order valence-electron chi connectivity index (χ0n) is 9.63. The van der Waals surface area contributed by atoms with Gasteiger partial charge in [-0.1, -0.05) is 6.42 Å². The van der Waals surface area contributed by atoms with Crippen LogP contribution in [0, 0.1) is 11.3 Å². The summed E-state index contributed by atoms with van der Waals surface area (Å²) in [7, 11) is -3.21. The number of rotatable bonds is 3. The van der Waals surface area contributed by atoms with Crippen molar-refractivity contribution in [2.75, 3.05) is 13.1 Å². The summed E-state index contributed by atoms with van der Waals surface area (Å²) in [6, 6.07) is 0. The van der Waals surface area contributed by atoms with E-state index in [2.05, 4.69) is 0 Å². The lowest BCUT2D eigenvalue weighted by Gasteiger charge is -2.23. The third kappa shape index (κ3) is 1.53. The maximum atomic E-state index is 12.1. The van der Waals surface area contributed by atoms with Crippen LogP contribution in [0.1, 0.15) is 32.1 Å². The number of carbonyl (C=O) groups is 1. The van der Waals surface area contributed by atoms with Crippen molar-refractivity contribution in [2.45, 2.75) is 37.4 Å². The minimum Gasteiger partial charge on any atom is -0.481 e. The molecule has 3 rings (SSSR count). The predicted molar refractivity (Wildman–Crippen MR) is 60.9 cm³/mol. The average Bonchev–Trinajstić information content (AvgIpc) is 2.90. The van der Waals surface area contributed by atoms with Gasteiger partial charge in [-0.05, 0) is 31.6 Å². The lowest BCUT2D eigenvalue weighted by atomic mass is 9.81. The standard InChI is InChI=1S/C11H17NO4S/c13-10(14)11-5-1-2-8(11)6-12(7-11)17(15,16)9-3-4-9/h8-9H,1-7H2,(H,13,14)/t8-,11+/m0/s1. The molecule has 0 spiro atoms. The van der Waals surface area contributed by atoms with Crippen LogP contribution in [-0.4, -0.2) is 42.1 Å². The van der Waals surface area contributed by atoms with Gasteiger partial charge in [0.1, 0.15) is 0 Å². The second-order valence-corrected chi connectivity index (χ2v) is 7.80. The molecule has 17 heavy (non-hydrogen) atoms. The number of hydrogen-bond acceptors (Lipinski definition) is 3. The lowest BCUT2D eigenvalue weighted by Crippen LogP contribution is -2.38. The van der Waals surface area contributed by atoms with Crippen LogP contribution in [0.5, 0.6) is 0 Å². The van der Waals surface area contributed by atoms with Gasteiger partial charge in [-0.15, -0.1) is 0 Å². The van der Waals surface area contributed by atoms with E-state index >= 15 is 0 Å². The average molecular weight is 259 g/mol. The SMILES string of the molecule is O=C(O)[C@@]12CCC[C@H]1CN(S(=O)(=O)C1CC1)C2. The fourth-order valence-electron chi connectivity index (χ4n) is 3.36. The highest BCUT2D eigenvalue weighted by Crippen LogP contribution is 2.50. The van der Waals surface area contributed by atoms with Gasteiger partial charge in [0, 0.05) is 13.1 Å². The number of nitrogens with zero attached hydrogens (tertiary/aromatic N) is 1. The fraction of sp³-hybridized carbons (Fsp3) is 0.909. The summed E-state index contributed by atoms with van der Waals surface area (Å²) in [5.74, 6) is -0.790. The second-order valence-electron chi connectivity index (χ2n) is 5.59. The molecule has 1 saturated heterocycles. The Morgan fingerprint density at radius 2 is 2.00 bits per heavy atom. The largest absolute Gasteiger partial charge is 0.481 e. The van der Waals surface area contributed by atoms with E-state index < -0.39 is 21.4 Å². The van der Waals surface area contributed by atoms with Crippen molar-refractivity contribution in [1.29, 1.82) is 0 Å². The summed E-state index contributed by atoms with van der Waals surface area (Å²) < 4.78 is 25.7. The lowest BCUT2D eigenvalue weighted by molar-refractivity contribution is -0.149. The summed E-state index contributed by atoms with van der Waals surface area (Å²) in [6.45, 7) is 0.622. The van der Waals surface area contributed by atoms with E-state index in [4.69, 9.17) is 0 Å². The highest BCUT2D eigenvalue weighted by Gasteiger charge is 2.58. The molecule has 2 saturated carbocycles. The van der Waals surface area contributed by atoms with Gasteiger partial charge in [0.2, 0.25) is 10.0 Å². The first kappa shape index (κ1) is 11.5. The Morgan fingerprint density at radius 1 is 1.29 bits per heavy atom. The van der Waals surface area contributed by atoms with Gasteiger partial charge < -0.3 is 5.11 Å². The number of fused-ring (bicyclic) bond motifs is 1. The van der Waals surface area contributed by atoms with Crippen LogP contribution in [0.15, 0.2) is 0 Å². The number of carboxylic acids is 1. The van der Waals surface area contributed by atoms with Gasteiger partial charge in [0.25, 0.3) is 0 Å². The van der Waals surface area contributed by atoms with Crippen molar-refractivity contribution in [3.05, 3.63) is 0 Å². The Bertz CT molecular complexity index is 456. The zero-order valence-corrected chi connectivity index (χ0v) is 10.4. The molecule has 96 valence electrons. The van der Waals surface area contributed by atoms with Crippen molar-refractivity contribution in [1.82, 2.24) is 4.31 Å². The fourth-order valence-corrected chi connectivity index (χ4v) is 5.31. The molecule has 0 bridgehead atoms. The highest BCUT2D eigenvalue weighted by molar-refractivity contribution is 7.90. The summed E-state index contributed by atoms with van der Waals surface area (Å²) in [5, 5.41) is 9.16. The van der Waals surface area contributed by atoms with Crippen LogP contribution in [0.2, 0.25) is 0 Å². The smallest absolute Gasteiger partial charge is 0.311 e. The molecular formula is C11H17NO4S. The third-order valence-electron chi connectivity index (χ3n) is 4.57. The van der Waals surface area contributed by atoms with Crippen molar-refractivity contribution in [2.24, 2.45) is 11.3 Å². The monoisotopic (exact) mass is 259 g/mol. The first-order valence-corrected chi connectivity index (χ1v) is 7.69. The first-order chi connectivity index (χ1) is 7.97. The van der Waals surface area contributed by atoms with E-state index in [9.17, 15) is 18.3 Å². The topological polar surface area (TPSA) is 74.7 Å². The first-order valence-electron chi connectivity index (χ1n) is 6.19. The molecule has 0 aromatic heterocycles. The van der Waals surface area contributed by atoms with Crippen LogP contribution in [-0.2, 0) is 14.8 Å². The van der Waals surface area contributed by atoms with Crippen LogP contribution in [0.25, 0.3) is 0 Å². The molecule has 2 aliphatic carbocycles. The number of sulfonamides is 1. The van der Waals surface area contributed by atoms with Gasteiger partial charge >= 0.3 is 5.97 Å². The number of aliphatic carboxylic acids is 1. The molecule has 0 aromatic carbocycles. The molecule has 3 aliphatic rings. The third-order valence-corrected chi connectivity index (χ3v) is 6.88. The summed E-state index contributed by atoms with van der Waals surface area (Å²) in [6.07, 6.45) is 3.87. The van der Waals surface area contributed by atoms with E-state index in [1.54, 1.807) is 0 Å². The number of carboxylic acid groups (broad SMARTS) is 1. The van der Waals surface area contributed by atoms with Crippen LogP contribution < -0.4 is 0 Å². The van der Waals surface area contributed by atoms with E-state index in [1.165, 1.54) is 4.31 Å². The van der Waals surface area contributed by atoms with Crippen molar-refractivity contribution in [3.8, 4) is 0 Å². The zero-order chi connectivity index (χ0) is 12.3. The van der Waals surface area contributed by atoms with Gasteiger partial charge in [-0.3, -0.25) is 4.79 Å². The molecule has 1 N–H and O–H groups in total. The molecule has 1 aliphatic heterocycles. The van der Waals surface area contributed by atoms with Gasteiger partial charge in [-0.2, -0.15) is 0 Å². The molecule has 0 radical (unpaired) electrons. The molecule has 0 aromatic rings. The second kappa shape index (κ2) is 3.45. The minimum atomic E-state index is -3.21. The molecule has 2 atom stereocenters. The molecule has 3 fully saturated rings. The maximum absolute atomic E-state index is 12.1. The van der Waals surface area contributed by atoms with Crippen molar-refractivity contribution in [3.63, 3.8) is 0 Å². The predicted octanol–water partition coefficient (Wildman–Crippen LogP) is 0.665. The van der Waals surface area contributed by atoms with Gasteiger partial charge in [0.05, 0.1) is 10.7 Å². The molecule has 5 nitrogen and oxygen atoms in total. The van der Waals surface area contributed by atoms with E-state index in [0.29, 0.717) is 13.0 Å². The van der Waals surface area contributed by atoms with Crippen LogP contribution >= 0.6 is 0 Å². The maximum Gasteiger partial charge on any atom is 0.311 e. The Hall–Kier alpha value is -0.620. The molecule has 0 amide bonds. The quantitative estimate of drug-likeness (QED) is 0.808. The van der Waals surface area contributed by atoms with E-state index in [0.717, 1.165) is 25.7 Å². The molecule has 0 unspecified atom stereocenters. The van der Waals surface area contributed by atoms with Crippen LogP contribution in [0.3, 0.4) is 0 Å². The van der Waals surface area contributed by atoms with E-state index in [-0.39, 0.29) is 17.7 Å². The Labute approximate surface area is 101 Å². The molecule has 1 heterocycles. The van der Waals surface area contributed by atoms with Crippen molar-refractivity contribution >= 4 is 16.0 Å². The molecular weight excluding hydrogens is 242 g/mol. The normalized spacial score (nSPS) is 38.2. The Morgan fingerprint density at radius 3 is 2.53 bits per heavy atom. The minimum absolute atomic E-state index is 0.0218. The Kier molecular flexibility index (Phi) is 2.32. The highest BCUT2D eigenvalue weighted by atomic mass is 32.2. The molecule has 6 heteroatoms. The van der Waals surface area contributed by atoms with Gasteiger partial charge in [-0.25, -0.2) is 12.7 Å². The van der Waals surface area contributed by atoms with Gasteiger partial charge in [0.15, 0.2) is 0 Å². The van der Waals surface area contributed by atoms with Crippen molar-refractivity contribution < 1.29 is 18.3 Å². The van der Waals surface area contributed by atoms with Crippen LogP contribution in [0.4, 0.5) is 0 Å². The summed E-state index contributed by atoms with van der Waals surface area (Å²) in [4.78, 5) is 11.4. The summed E-state index contributed by atoms with van der Waals surface area (Å²) in [5.41, 5.74) is -0.790. The number of hydrogen-bond donors (Lipinski definition) is 1. The Balaban J connectivity index is 1.87. The summed E-state index contributed by atoms with van der Waals surface area (Å²) >= 11 is 0. The van der Waals surface area contributed by atoms with E-state index in [1.807, 2.05) is 0 Å².